The van der Waals surface area contributed by atoms with E-state index >= 15 is 0 Å². The van der Waals surface area contributed by atoms with Gasteiger partial charge in [-0.05, 0) is 19.1 Å². The lowest BCUT2D eigenvalue weighted by atomic mass is 9.54. The summed E-state index contributed by atoms with van der Waals surface area (Å²) in [6.45, 7) is 6.17. The van der Waals surface area contributed by atoms with Crippen molar-refractivity contribution < 1.29 is 27.8 Å². The Balaban J connectivity index is 0.00000225. The summed E-state index contributed by atoms with van der Waals surface area (Å²) < 4.78 is 40.4. The van der Waals surface area contributed by atoms with Gasteiger partial charge in [0.05, 0.1) is 6.10 Å². The van der Waals surface area contributed by atoms with E-state index in [0.29, 0.717) is 18.7 Å². The van der Waals surface area contributed by atoms with Crippen LogP contribution in [0.25, 0.3) is 0 Å². The number of rotatable bonds is 4. The monoisotopic (exact) mass is 378 g/mol. The largest absolute Gasteiger partial charge is 0.586 e. The summed E-state index contributed by atoms with van der Waals surface area (Å²) in [5.41, 5.74) is 4.94. The third kappa shape index (κ3) is 3.14. The fourth-order valence-electron chi connectivity index (χ4n) is 3.09. The Kier molecular flexibility index (Phi) is 4.93. The number of anilines is 1. The summed E-state index contributed by atoms with van der Waals surface area (Å²) in [6.07, 6.45) is -3.41. The molecule has 0 aromatic heterocycles. The van der Waals surface area contributed by atoms with Gasteiger partial charge in [-0.2, -0.15) is 0 Å². The minimum atomic E-state index is -3.69. The zero-order valence-electron chi connectivity index (χ0n) is 14.1. The van der Waals surface area contributed by atoms with Gasteiger partial charge in [-0.25, -0.2) is 0 Å². The minimum absolute atomic E-state index is 0. The van der Waals surface area contributed by atoms with Gasteiger partial charge in [0.25, 0.3) is 0 Å². The molecule has 25 heavy (non-hydrogen) atoms. The number of carbonyl (C=O) groups excluding carboxylic acids is 1. The molecule has 140 valence electrons. The normalized spacial score (nSPS) is 27.8. The summed E-state index contributed by atoms with van der Waals surface area (Å²) in [5.74, 6) is -0.612. The molecule has 1 amide bonds. The molecule has 1 aliphatic carbocycles. The molecule has 1 aliphatic heterocycles. The van der Waals surface area contributed by atoms with Crippen LogP contribution in [-0.4, -0.2) is 30.5 Å². The summed E-state index contributed by atoms with van der Waals surface area (Å²) in [4.78, 5) is 12.6. The number of ether oxygens (including phenoxy) is 3. The van der Waals surface area contributed by atoms with Crippen LogP contribution in [0.4, 0.5) is 14.5 Å². The smallest absolute Gasteiger partial charge is 0.395 e. The van der Waals surface area contributed by atoms with Gasteiger partial charge in [0, 0.05) is 30.2 Å². The van der Waals surface area contributed by atoms with Gasteiger partial charge >= 0.3 is 6.29 Å². The Morgan fingerprint density at radius 1 is 1.36 bits per heavy atom. The van der Waals surface area contributed by atoms with Crippen molar-refractivity contribution in [1.82, 2.24) is 0 Å². The second-order valence-corrected chi connectivity index (χ2v) is 6.62. The van der Waals surface area contributed by atoms with Crippen molar-refractivity contribution >= 4 is 24.0 Å². The zero-order chi connectivity index (χ0) is 17.8. The summed E-state index contributed by atoms with van der Waals surface area (Å²) >= 11 is 0. The van der Waals surface area contributed by atoms with Crippen molar-refractivity contribution in [3.05, 3.63) is 18.2 Å². The Hall–Kier alpha value is -1.64. The maximum atomic E-state index is 13.0. The van der Waals surface area contributed by atoms with E-state index in [2.05, 4.69) is 14.8 Å². The van der Waals surface area contributed by atoms with Crippen LogP contribution in [0.5, 0.6) is 11.5 Å². The number of halogens is 3. The third-order valence-electron chi connectivity index (χ3n) is 4.89. The molecule has 9 heteroatoms. The van der Waals surface area contributed by atoms with Gasteiger partial charge in [0.15, 0.2) is 11.5 Å². The van der Waals surface area contributed by atoms with Gasteiger partial charge in [0.1, 0.15) is 5.54 Å². The lowest BCUT2D eigenvalue weighted by molar-refractivity contribution is -0.286. The highest BCUT2D eigenvalue weighted by molar-refractivity contribution is 6.00. The molecule has 1 fully saturated rings. The van der Waals surface area contributed by atoms with E-state index in [1.54, 1.807) is 0 Å². The highest BCUT2D eigenvalue weighted by atomic mass is 35.5. The number of amides is 1. The maximum Gasteiger partial charge on any atom is 0.586 e. The number of hydrogen-bond acceptors (Lipinski definition) is 5. The number of carbonyl (C=O) groups is 1. The second kappa shape index (κ2) is 6.26. The van der Waals surface area contributed by atoms with Crippen molar-refractivity contribution in [3.8, 4) is 11.5 Å². The SMILES string of the molecule is CCOC1CC(N)(C(=O)Nc2ccc3c(c2)OC(F)(F)O3)C1(C)C.Cl. The third-order valence-corrected chi connectivity index (χ3v) is 4.89. The predicted octanol–water partition coefficient (Wildman–Crippen LogP) is 2.90. The van der Waals surface area contributed by atoms with E-state index in [4.69, 9.17) is 10.5 Å². The fraction of sp³-hybridized carbons (Fsp3) is 0.562. The van der Waals surface area contributed by atoms with Crippen LogP contribution in [0.15, 0.2) is 18.2 Å². The number of nitrogens with one attached hydrogen (secondary N) is 1. The Bertz CT molecular complexity index is 686. The number of fused-ring (bicyclic) bond motifs is 1. The molecule has 2 atom stereocenters. The number of alkyl halides is 2. The minimum Gasteiger partial charge on any atom is -0.395 e. The first-order chi connectivity index (χ1) is 11.1. The summed E-state index contributed by atoms with van der Waals surface area (Å²) in [5, 5.41) is 2.66. The Morgan fingerprint density at radius 3 is 2.60 bits per heavy atom. The van der Waals surface area contributed by atoms with Crippen LogP contribution >= 0.6 is 12.4 Å². The lowest BCUT2D eigenvalue weighted by Gasteiger charge is -2.57. The topological polar surface area (TPSA) is 82.8 Å². The van der Waals surface area contributed by atoms with Gasteiger partial charge < -0.3 is 25.3 Å². The Labute approximate surface area is 150 Å². The van der Waals surface area contributed by atoms with Gasteiger partial charge in [-0.15, -0.1) is 21.2 Å². The van der Waals surface area contributed by atoms with Crippen LogP contribution in [0.2, 0.25) is 0 Å². The molecule has 1 heterocycles. The summed E-state index contributed by atoms with van der Waals surface area (Å²) in [7, 11) is 0. The molecule has 0 spiro atoms. The first-order valence-corrected chi connectivity index (χ1v) is 7.71. The number of benzene rings is 1. The van der Waals surface area contributed by atoms with E-state index < -0.39 is 23.2 Å². The second-order valence-electron chi connectivity index (χ2n) is 6.62. The van der Waals surface area contributed by atoms with Crippen LogP contribution in [0.1, 0.15) is 27.2 Å². The number of hydrogen-bond donors (Lipinski definition) is 2. The van der Waals surface area contributed by atoms with Gasteiger partial charge in [-0.3, -0.25) is 4.79 Å². The van der Waals surface area contributed by atoms with Crippen molar-refractivity contribution in [1.29, 1.82) is 0 Å². The lowest BCUT2D eigenvalue weighted by Crippen LogP contribution is -2.74. The molecular weight excluding hydrogens is 358 g/mol. The van der Waals surface area contributed by atoms with E-state index in [1.807, 2.05) is 20.8 Å². The maximum absolute atomic E-state index is 13.0. The molecule has 2 unspecified atom stereocenters. The summed E-state index contributed by atoms with van der Waals surface area (Å²) in [6, 6.07) is 4.05. The quantitative estimate of drug-likeness (QED) is 0.841. The molecule has 1 aromatic rings. The first-order valence-electron chi connectivity index (χ1n) is 7.71. The molecule has 0 radical (unpaired) electrons. The zero-order valence-corrected chi connectivity index (χ0v) is 14.9. The molecule has 3 N–H and O–H groups in total. The van der Waals surface area contributed by atoms with Gasteiger partial charge in [0.2, 0.25) is 5.91 Å². The molecule has 6 nitrogen and oxygen atoms in total. The van der Waals surface area contributed by atoms with Crippen LogP contribution in [-0.2, 0) is 9.53 Å². The van der Waals surface area contributed by atoms with Crippen LogP contribution in [0, 0.1) is 5.41 Å². The Morgan fingerprint density at radius 2 is 2.00 bits per heavy atom. The van der Waals surface area contributed by atoms with Crippen molar-refractivity contribution in [2.75, 3.05) is 11.9 Å². The van der Waals surface area contributed by atoms with E-state index in [-0.39, 0.29) is 30.0 Å². The van der Waals surface area contributed by atoms with Crippen LogP contribution < -0.4 is 20.5 Å². The fourth-order valence-corrected chi connectivity index (χ4v) is 3.09. The van der Waals surface area contributed by atoms with Crippen LogP contribution in [0.3, 0.4) is 0 Å². The van der Waals surface area contributed by atoms with Crippen molar-refractivity contribution in [3.63, 3.8) is 0 Å². The highest BCUT2D eigenvalue weighted by Crippen LogP contribution is 2.50. The molecule has 0 bridgehead atoms. The van der Waals surface area contributed by atoms with E-state index in [9.17, 15) is 13.6 Å². The standard InChI is InChI=1S/C16H20F2N2O4.ClH/c1-4-22-12-8-15(19,14(12,2)3)13(21)20-9-5-6-10-11(7-9)24-16(17,18)23-10;/h5-7,12H,4,8,19H2,1-3H3,(H,20,21);1H. The molecule has 0 saturated heterocycles. The molecule has 2 aliphatic rings. The van der Waals surface area contributed by atoms with Crippen molar-refractivity contribution in [2.24, 2.45) is 11.1 Å². The predicted molar refractivity (Wildman–Crippen MR) is 89.3 cm³/mol. The highest BCUT2D eigenvalue weighted by Gasteiger charge is 2.62. The number of nitrogens with two attached hydrogens (primary N) is 1. The van der Waals surface area contributed by atoms with E-state index in [0.717, 1.165) is 0 Å². The molecule has 3 rings (SSSR count). The average molecular weight is 379 g/mol. The van der Waals surface area contributed by atoms with Gasteiger partial charge in [-0.1, -0.05) is 13.8 Å². The first kappa shape index (κ1) is 19.7. The molecular formula is C16H21ClF2N2O4. The average Bonchev–Trinajstić information content (AvgIpc) is 2.79. The van der Waals surface area contributed by atoms with E-state index in [1.165, 1.54) is 18.2 Å². The molecule has 1 saturated carbocycles. The van der Waals surface area contributed by atoms with Crippen molar-refractivity contribution in [2.45, 2.75) is 45.1 Å². The molecule has 1 aromatic carbocycles.